The molecule has 1 aromatic carbocycles. The Morgan fingerprint density at radius 3 is 2.46 bits per heavy atom. The van der Waals surface area contributed by atoms with Crippen molar-refractivity contribution >= 4 is 0 Å². The van der Waals surface area contributed by atoms with Crippen LogP contribution in [0.1, 0.15) is 18.6 Å². The molecule has 1 aromatic rings. The quantitative estimate of drug-likeness (QED) is 0.641. The van der Waals surface area contributed by atoms with Gasteiger partial charge in [0.05, 0.1) is 6.10 Å². The number of rotatable bonds is 2. The lowest BCUT2D eigenvalue weighted by atomic mass is 10.0. The van der Waals surface area contributed by atoms with Gasteiger partial charge in [0, 0.05) is 12.1 Å². The van der Waals surface area contributed by atoms with E-state index in [2.05, 4.69) is 0 Å². The molecule has 0 spiro atoms. The van der Waals surface area contributed by atoms with E-state index in [1.807, 2.05) is 0 Å². The Balaban J connectivity index is 3.01. The first-order valence-electron chi connectivity index (χ1n) is 3.94. The van der Waals surface area contributed by atoms with Crippen molar-refractivity contribution in [2.45, 2.75) is 19.1 Å². The number of benzene rings is 1. The van der Waals surface area contributed by atoms with Gasteiger partial charge in [-0.2, -0.15) is 0 Å². The van der Waals surface area contributed by atoms with Crippen molar-refractivity contribution in [1.29, 1.82) is 0 Å². The summed E-state index contributed by atoms with van der Waals surface area (Å²) in [5.74, 6) is -0.801. The van der Waals surface area contributed by atoms with Gasteiger partial charge in [-0.3, -0.25) is 0 Å². The zero-order valence-corrected chi connectivity index (χ0v) is 7.24. The van der Waals surface area contributed by atoms with Crippen LogP contribution in [-0.4, -0.2) is 16.3 Å². The minimum absolute atomic E-state index is 0.213. The number of aliphatic hydroxyl groups is 1. The standard InChI is InChI=1S/C9H12FNO2/c1-5(11)9(13)6-2-7(10)4-8(12)3-6/h2-5,9,12-13H,11H2,1H3/t5-,9+/m1/s1. The van der Waals surface area contributed by atoms with Crippen LogP contribution in [-0.2, 0) is 0 Å². The molecule has 0 aliphatic carbocycles. The lowest BCUT2D eigenvalue weighted by Crippen LogP contribution is -2.24. The van der Waals surface area contributed by atoms with E-state index in [1.165, 1.54) is 6.07 Å². The molecule has 0 bridgehead atoms. The van der Waals surface area contributed by atoms with Crippen molar-refractivity contribution in [3.8, 4) is 5.75 Å². The Kier molecular flexibility index (Phi) is 2.85. The van der Waals surface area contributed by atoms with Crippen molar-refractivity contribution in [3.63, 3.8) is 0 Å². The smallest absolute Gasteiger partial charge is 0.127 e. The van der Waals surface area contributed by atoms with Crippen LogP contribution in [0.5, 0.6) is 5.75 Å². The molecule has 0 aliphatic rings. The van der Waals surface area contributed by atoms with E-state index in [4.69, 9.17) is 10.8 Å². The topological polar surface area (TPSA) is 66.5 Å². The molecule has 0 heterocycles. The molecule has 0 amide bonds. The predicted molar refractivity (Wildman–Crippen MR) is 46.7 cm³/mol. The van der Waals surface area contributed by atoms with Gasteiger partial charge in [-0.1, -0.05) is 0 Å². The molecular weight excluding hydrogens is 173 g/mol. The maximum atomic E-state index is 12.7. The molecule has 0 radical (unpaired) electrons. The summed E-state index contributed by atoms with van der Waals surface area (Å²) >= 11 is 0. The Morgan fingerprint density at radius 2 is 2.00 bits per heavy atom. The molecule has 2 atom stereocenters. The van der Waals surface area contributed by atoms with Gasteiger partial charge in [-0.15, -0.1) is 0 Å². The van der Waals surface area contributed by atoms with Crippen LogP contribution in [0, 0.1) is 5.82 Å². The first kappa shape index (κ1) is 9.95. The third-order valence-electron chi connectivity index (χ3n) is 1.74. The molecule has 0 aliphatic heterocycles. The highest BCUT2D eigenvalue weighted by Crippen LogP contribution is 2.21. The predicted octanol–water partition coefficient (Wildman–Crippen LogP) is 0.912. The average Bonchev–Trinajstić information content (AvgIpc) is 2.01. The fourth-order valence-electron chi connectivity index (χ4n) is 1.07. The third-order valence-corrected chi connectivity index (χ3v) is 1.74. The van der Waals surface area contributed by atoms with Crippen LogP contribution < -0.4 is 5.73 Å². The van der Waals surface area contributed by atoms with Gasteiger partial charge in [0.2, 0.25) is 0 Å². The molecular formula is C9H12FNO2. The lowest BCUT2D eigenvalue weighted by molar-refractivity contribution is 0.152. The maximum absolute atomic E-state index is 12.7. The van der Waals surface area contributed by atoms with E-state index in [1.54, 1.807) is 6.92 Å². The van der Waals surface area contributed by atoms with Gasteiger partial charge in [0.15, 0.2) is 0 Å². The van der Waals surface area contributed by atoms with Crippen LogP contribution in [0.3, 0.4) is 0 Å². The largest absolute Gasteiger partial charge is 0.508 e. The highest BCUT2D eigenvalue weighted by atomic mass is 19.1. The number of nitrogens with two attached hydrogens (primary N) is 1. The summed E-state index contributed by atoms with van der Waals surface area (Å²) in [7, 11) is 0. The van der Waals surface area contributed by atoms with Gasteiger partial charge in [0.25, 0.3) is 0 Å². The average molecular weight is 185 g/mol. The van der Waals surface area contributed by atoms with Crippen molar-refractivity contribution < 1.29 is 14.6 Å². The van der Waals surface area contributed by atoms with E-state index in [9.17, 15) is 9.50 Å². The second-order valence-electron chi connectivity index (χ2n) is 3.05. The number of phenolic OH excluding ortho intramolecular Hbond substituents is 1. The van der Waals surface area contributed by atoms with Crippen molar-refractivity contribution in [1.82, 2.24) is 0 Å². The van der Waals surface area contributed by atoms with Gasteiger partial charge in [0.1, 0.15) is 11.6 Å². The number of hydrogen-bond acceptors (Lipinski definition) is 3. The van der Waals surface area contributed by atoms with Crippen LogP contribution in [0.4, 0.5) is 4.39 Å². The molecule has 1 rings (SSSR count). The first-order valence-corrected chi connectivity index (χ1v) is 3.94. The molecule has 0 unspecified atom stereocenters. The molecule has 4 heteroatoms. The third kappa shape index (κ3) is 2.40. The molecule has 4 N–H and O–H groups in total. The molecule has 13 heavy (non-hydrogen) atoms. The lowest BCUT2D eigenvalue weighted by Gasteiger charge is -2.14. The summed E-state index contributed by atoms with van der Waals surface area (Å²) in [4.78, 5) is 0. The Labute approximate surface area is 75.6 Å². The second kappa shape index (κ2) is 3.72. The highest BCUT2D eigenvalue weighted by molar-refractivity contribution is 5.30. The molecule has 0 fully saturated rings. The number of aromatic hydroxyl groups is 1. The van der Waals surface area contributed by atoms with E-state index in [0.29, 0.717) is 0 Å². The van der Waals surface area contributed by atoms with Gasteiger partial charge < -0.3 is 15.9 Å². The summed E-state index contributed by atoms with van der Waals surface area (Å²) in [6, 6.07) is 2.91. The van der Waals surface area contributed by atoms with Gasteiger partial charge in [-0.05, 0) is 24.6 Å². The molecule has 0 aromatic heterocycles. The van der Waals surface area contributed by atoms with Gasteiger partial charge >= 0.3 is 0 Å². The van der Waals surface area contributed by atoms with E-state index < -0.39 is 18.0 Å². The molecule has 0 saturated heterocycles. The second-order valence-corrected chi connectivity index (χ2v) is 3.05. The van der Waals surface area contributed by atoms with Gasteiger partial charge in [-0.25, -0.2) is 4.39 Å². The molecule has 0 saturated carbocycles. The molecule has 3 nitrogen and oxygen atoms in total. The summed E-state index contributed by atoms with van der Waals surface area (Å²) < 4.78 is 12.7. The van der Waals surface area contributed by atoms with E-state index in [-0.39, 0.29) is 11.3 Å². The van der Waals surface area contributed by atoms with Crippen LogP contribution in [0.15, 0.2) is 18.2 Å². The molecule has 72 valence electrons. The highest BCUT2D eigenvalue weighted by Gasteiger charge is 2.13. The number of halogens is 1. The number of hydrogen-bond donors (Lipinski definition) is 3. The van der Waals surface area contributed by atoms with Crippen molar-refractivity contribution in [2.24, 2.45) is 5.73 Å². The normalized spacial score (nSPS) is 15.4. The summed E-state index contributed by atoms with van der Waals surface area (Å²) in [6.45, 7) is 1.60. The van der Waals surface area contributed by atoms with Crippen LogP contribution >= 0.6 is 0 Å². The Morgan fingerprint density at radius 1 is 1.38 bits per heavy atom. The first-order chi connectivity index (χ1) is 6.00. The van der Waals surface area contributed by atoms with Crippen molar-refractivity contribution in [3.05, 3.63) is 29.6 Å². The van der Waals surface area contributed by atoms with Crippen molar-refractivity contribution in [2.75, 3.05) is 0 Å². The fraction of sp³-hybridized carbons (Fsp3) is 0.333. The minimum Gasteiger partial charge on any atom is -0.508 e. The number of aliphatic hydroxyl groups excluding tert-OH is 1. The zero-order valence-electron chi connectivity index (χ0n) is 7.24. The summed E-state index contributed by atoms with van der Waals surface area (Å²) in [6.07, 6.45) is -0.957. The maximum Gasteiger partial charge on any atom is 0.127 e. The minimum atomic E-state index is -0.957. The monoisotopic (exact) mass is 185 g/mol. The summed E-state index contributed by atoms with van der Waals surface area (Å²) in [5, 5.41) is 18.5. The number of phenols is 1. The Bertz CT molecular complexity index is 281. The Hall–Kier alpha value is -1.13. The fourth-order valence-corrected chi connectivity index (χ4v) is 1.07. The summed E-state index contributed by atoms with van der Waals surface area (Å²) in [5.41, 5.74) is 5.70. The van der Waals surface area contributed by atoms with Crippen LogP contribution in [0.25, 0.3) is 0 Å². The SMILES string of the molecule is C[C@@H](N)[C@H](O)c1cc(O)cc(F)c1. The van der Waals surface area contributed by atoms with E-state index in [0.717, 1.165) is 12.1 Å². The zero-order chi connectivity index (χ0) is 10.0. The van der Waals surface area contributed by atoms with E-state index >= 15 is 0 Å². The van der Waals surface area contributed by atoms with Crippen LogP contribution in [0.2, 0.25) is 0 Å².